The van der Waals surface area contributed by atoms with Crippen molar-refractivity contribution in [2.45, 2.75) is 64.2 Å². The van der Waals surface area contributed by atoms with Crippen molar-refractivity contribution in [3.8, 4) is 0 Å². The predicted octanol–water partition coefficient (Wildman–Crippen LogP) is 3.71. The summed E-state index contributed by atoms with van der Waals surface area (Å²) in [7, 11) is 0. The molecule has 0 aromatic heterocycles. The van der Waals surface area contributed by atoms with Crippen LogP contribution in [0.25, 0.3) is 0 Å². The Bertz CT molecular complexity index is 71.2. The Morgan fingerprint density at radius 2 is 1.00 bits per heavy atom. The summed E-state index contributed by atoms with van der Waals surface area (Å²) in [6.45, 7) is 4.19. The molecule has 1 nitrogen and oxygen atoms in total. The molecule has 0 unspecified atom stereocenters. The van der Waals surface area contributed by atoms with E-state index in [4.69, 9.17) is 5.11 Å². The molecule has 0 spiro atoms. The molecule has 1 heteroatoms. The third kappa shape index (κ3) is 12.0. The molecular formula is C12H25O. The highest BCUT2D eigenvalue weighted by molar-refractivity contribution is 4.48. The van der Waals surface area contributed by atoms with E-state index in [-0.39, 0.29) is 0 Å². The van der Waals surface area contributed by atoms with Crippen LogP contribution < -0.4 is 0 Å². The molecule has 0 amide bonds. The number of unbranched alkanes of at least 4 members (excludes halogenated alkanes) is 9. The molecule has 0 heterocycles. The van der Waals surface area contributed by atoms with E-state index in [0.29, 0.717) is 6.61 Å². The average Bonchev–Trinajstić information content (AvgIpc) is 2.16. The maximum atomic E-state index is 8.56. The van der Waals surface area contributed by atoms with Gasteiger partial charge in [-0.25, -0.2) is 0 Å². The van der Waals surface area contributed by atoms with Gasteiger partial charge in [0.1, 0.15) is 0 Å². The Labute approximate surface area is 83.5 Å². The standard InChI is InChI=1S/C12H25O/c1-2-3-4-5-6-7-8-9-10-11-12-13/h13H,1-12H2. The van der Waals surface area contributed by atoms with Crippen LogP contribution in [-0.4, -0.2) is 11.7 Å². The van der Waals surface area contributed by atoms with E-state index in [0.717, 1.165) is 12.8 Å². The molecule has 0 aliphatic rings. The first kappa shape index (κ1) is 13.0. The van der Waals surface area contributed by atoms with Crippen molar-refractivity contribution in [1.82, 2.24) is 0 Å². The van der Waals surface area contributed by atoms with Gasteiger partial charge in [-0.1, -0.05) is 64.7 Å². The van der Waals surface area contributed by atoms with E-state index in [1.165, 1.54) is 51.4 Å². The molecule has 0 aliphatic carbocycles. The minimum absolute atomic E-state index is 0.365. The Balaban J connectivity index is 2.76. The Hall–Kier alpha value is -0.0400. The summed E-state index contributed by atoms with van der Waals surface area (Å²) < 4.78 is 0. The van der Waals surface area contributed by atoms with E-state index in [1.54, 1.807) is 0 Å². The molecule has 0 rings (SSSR count). The summed E-state index contributed by atoms with van der Waals surface area (Å²) in [5.74, 6) is 0. The van der Waals surface area contributed by atoms with Crippen LogP contribution >= 0.6 is 0 Å². The molecule has 0 saturated carbocycles. The molecule has 1 N–H and O–H groups in total. The topological polar surface area (TPSA) is 20.2 Å². The smallest absolute Gasteiger partial charge is 0.0431 e. The van der Waals surface area contributed by atoms with E-state index in [2.05, 4.69) is 6.92 Å². The lowest BCUT2D eigenvalue weighted by molar-refractivity contribution is 0.282. The van der Waals surface area contributed by atoms with Gasteiger partial charge in [-0.15, -0.1) is 0 Å². The maximum Gasteiger partial charge on any atom is 0.0431 e. The van der Waals surface area contributed by atoms with E-state index in [9.17, 15) is 0 Å². The third-order valence-electron chi connectivity index (χ3n) is 2.41. The summed E-state index contributed by atoms with van der Waals surface area (Å²) in [5.41, 5.74) is 0. The zero-order valence-electron chi connectivity index (χ0n) is 8.93. The molecule has 0 aliphatic heterocycles. The van der Waals surface area contributed by atoms with Gasteiger partial charge in [0, 0.05) is 6.61 Å². The van der Waals surface area contributed by atoms with Crippen LogP contribution in [0.1, 0.15) is 64.2 Å². The number of rotatable bonds is 10. The van der Waals surface area contributed by atoms with Gasteiger partial charge in [-0.05, 0) is 6.42 Å². The monoisotopic (exact) mass is 185 g/mol. The van der Waals surface area contributed by atoms with Crippen LogP contribution in [0.2, 0.25) is 0 Å². The average molecular weight is 185 g/mol. The first-order valence-corrected chi connectivity index (χ1v) is 5.82. The lowest BCUT2D eigenvalue weighted by Gasteiger charge is -2.00. The maximum absolute atomic E-state index is 8.56. The molecular weight excluding hydrogens is 160 g/mol. The van der Waals surface area contributed by atoms with Gasteiger partial charge in [0.2, 0.25) is 0 Å². The fourth-order valence-electron chi connectivity index (χ4n) is 1.53. The summed E-state index contributed by atoms with van der Waals surface area (Å²) in [6.07, 6.45) is 12.7. The lowest BCUT2D eigenvalue weighted by Crippen LogP contribution is -1.84. The second-order valence-electron chi connectivity index (χ2n) is 3.76. The van der Waals surface area contributed by atoms with Crippen LogP contribution in [0.3, 0.4) is 0 Å². The summed E-state index contributed by atoms with van der Waals surface area (Å²) >= 11 is 0. The van der Waals surface area contributed by atoms with Gasteiger partial charge in [-0.2, -0.15) is 0 Å². The van der Waals surface area contributed by atoms with Gasteiger partial charge >= 0.3 is 0 Å². The molecule has 0 fully saturated rings. The normalized spacial score (nSPS) is 10.6. The fraction of sp³-hybridized carbons (Fsp3) is 0.917. The zero-order chi connectivity index (χ0) is 9.78. The van der Waals surface area contributed by atoms with E-state index in [1.807, 2.05) is 0 Å². The zero-order valence-corrected chi connectivity index (χ0v) is 8.93. The first-order valence-electron chi connectivity index (χ1n) is 5.82. The second-order valence-corrected chi connectivity index (χ2v) is 3.76. The quantitative estimate of drug-likeness (QED) is 0.514. The number of hydrogen-bond acceptors (Lipinski definition) is 1. The molecule has 0 saturated heterocycles. The molecule has 0 aromatic carbocycles. The number of aliphatic hydroxyl groups excluding tert-OH is 1. The number of hydrogen-bond donors (Lipinski definition) is 1. The van der Waals surface area contributed by atoms with Crippen LogP contribution in [0.15, 0.2) is 0 Å². The van der Waals surface area contributed by atoms with Crippen molar-refractivity contribution in [2.75, 3.05) is 6.61 Å². The predicted molar refractivity (Wildman–Crippen MR) is 58.6 cm³/mol. The molecule has 13 heavy (non-hydrogen) atoms. The van der Waals surface area contributed by atoms with Gasteiger partial charge in [0.15, 0.2) is 0 Å². The van der Waals surface area contributed by atoms with Crippen molar-refractivity contribution in [3.63, 3.8) is 0 Å². The highest BCUT2D eigenvalue weighted by Gasteiger charge is 1.91. The molecule has 0 atom stereocenters. The van der Waals surface area contributed by atoms with Gasteiger partial charge in [0.25, 0.3) is 0 Å². The van der Waals surface area contributed by atoms with Crippen molar-refractivity contribution < 1.29 is 5.11 Å². The van der Waals surface area contributed by atoms with Crippen LogP contribution in [-0.2, 0) is 0 Å². The Morgan fingerprint density at radius 1 is 0.615 bits per heavy atom. The van der Waals surface area contributed by atoms with Crippen LogP contribution in [0.4, 0.5) is 0 Å². The van der Waals surface area contributed by atoms with E-state index < -0.39 is 0 Å². The second kappa shape index (κ2) is 12.0. The van der Waals surface area contributed by atoms with Crippen molar-refractivity contribution >= 4 is 0 Å². The first-order chi connectivity index (χ1) is 6.41. The fourth-order valence-corrected chi connectivity index (χ4v) is 1.53. The summed E-state index contributed by atoms with van der Waals surface area (Å²) in [4.78, 5) is 0. The van der Waals surface area contributed by atoms with Gasteiger partial charge in [-0.3, -0.25) is 0 Å². The van der Waals surface area contributed by atoms with Crippen LogP contribution in [0, 0.1) is 6.92 Å². The van der Waals surface area contributed by atoms with E-state index >= 15 is 0 Å². The largest absolute Gasteiger partial charge is 0.396 e. The number of aliphatic hydroxyl groups is 1. The summed E-state index contributed by atoms with van der Waals surface area (Å²) in [6, 6.07) is 0. The van der Waals surface area contributed by atoms with Crippen molar-refractivity contribution in [2.24, 2.45) is 0 Å². The highest BCUT2D eigenvalue weighted by atomic mass is 16.2. The molecule has 79 valence electrons. The van der Waals surface area contributed by atoms with Crippen molar-refractivity contribution in [3.05, 3.63) is 6.92 Å². The lowest BCUT2D eigenvalue weighted by atomic mass is 10.1. The van der Waals surface area contributed by atoms with Crippen LogP contribution in [0.5, 0.6) is 0 Å². The van der Waals surface area contributed by atoms with Crippen molar-refractivity contribution in [1.29, 1.82) is 0 Å². The molecule has 0 aromatic rings. The Morgan fingerprint density at radius 3 is 1.38 bits per heavy atom. The molecule has 0 bridgehead atoms. The SMILES string of the molecule is [CH2]CCCCCCCCCCCO. The molecule has 1 radical (unpaired) electrons. The van der Waals surface area contributed by atoms with Gasteiger partial charge in [0.05, 0.1) is 0 Å². The van der Waals surface area contributed by atoms with Gasteiger partial charge < -0.3 is 5.11 Å². The summed E-state index contributed by atoms with van der Waals surface area (Å²) in [5, 5.41) is 8.56. The Kier molecular flexibility index (Phi) is 11.9. The minimum Gasteiger partial charge on any atom is -0.396 e. The third-order valence-corrected chi connectivity index (χ3v) is 2.41. The highest BCUT2D eigenvalue weighted by Crippen LogP contribution is 2.09. The minimum atomic E-state index is 0.365.